The van der Waals surface area contributed by atoms with Crippen molar-refractivity contribution in [3.8, 4) is 5.75 Å². The van der Waals surface area contributed by atoms with E-state index in [4.69, 9.17) is 9.57 Å². The highest BCUT2D eigenvalue weighted by atomic mass is 16.6. The quantitative estimate of drug-likeness (QED) is 0.656. The van der Waals surface area contributed by atoms with Crippen LogP contribution in [-0.2, 0) is 16.2 Å². The molecule has 1 N–H and O–H groups in total. The van der Waals surface area contributed by atoms with Gasteiger partial charge in [-0.05, 0) is 42.7 Å². The molecule has 0 unspecified atom stereocenters. The van der Waals surface area contributed by atoms with E-state index < -0.39 is 0 Å². The van der Waals surface area contributed by atoms with Crippen LogP contribution < -0.4 is 10.1 Å². The number of carbonyl (C=O) groups is 1. The second kappa shape index (κ2) is 8.15. The van der Waals surface area contributed by atoms with Gasteiger partial charge in [0, 0.05) is 12.6 Å². The highest BCUT2D eigenvalue weighted by Gasteiger charge is 2.17. The standard InChI is InChI=1S/C19H22N2O3/c1-13-9-14(2)11-16(10-13)24-12-15-7-5-6-8-17(15)18(21-23-4)19(22)20-3/h5-11H,12H2,1-4H3,(H,20,22). The first-order valence-electron chi connectivity index (χ1n) is 7.67. The second-order valence-electron chi connectivity index (χ2n) is 5.47. The first-order valence-corrected chi connectivity index (χ1v) is 7.67. The van der Waals surface area contributed by atoms with E-state index in [1.165, 1.54) is 7.11 Å². The number of likely N-dealkylation sites (N-methyl/N-ethyl adjacent to an activating group) is 1. The van der Waals surface area contributed by atoms with Crippen molar-refractivity contribution in [2.75, 3.05) is 14.2 Å². The lowest BCUT2D eigenvalue weighted by atomic mass is 10.0. The van der Waals surface area contributed by atoms with Gasteiger partial charge in [-0.25, -0.2) is 0 Å². The van der Waals surface area contributed by atoms with E-state index in [2.05, 4.69) is 16.5 Å². The van der Waals surface area contributed by atoms with Gasteiger partial charge in [-0.2, -0.15) is 0 Å². The SMILES string of the molecule is CNC(=O)C(=NOC)c1ccccc1COc1cc(C)cc(C)c1. The Balaban J connectivity index is 2.28. The maximum absolute atomic E-state index is 12.1. The molecule has 0 aliphatic heterocycles. The van der Waals surface area contributed by atoms with Crippen LogP contribution in [0.15, 0.2) is 47.6 Å². The molecule has 5 heteroatoms. The Morgan fingerprint density at radius 1 is 1.12 bits per heavy atom. The van der Waals surface area contributed by atoms with Crippen LogP contribution in [0.1, 0.15) is 22.3 Å². The Kier molecular flexibility index (Phi) is 5.95. The first kappa shape index (κ1) is 17.5. The molecule has 0 aliphatic carbocycles. The molecule has 0 bridgehead atoms. The molecular formula is C19H22N2O3. The normalized spacial score (nSPS) is 11.1. The summed E-state index contributed by atoms with van der Waals surface area (Å²) in [4.78, 5) is 16.9. The minimum Gasteiger partial charge on any atom is -0.489 e. The summed E-state index contributed by atoms with van der Waals surface area (Å²) in [5, 5.41) is 6.43. The highest BCUT2D eigenvalue weighted by molar-refractivity contribution is 6.45. The van der Waals surface area contributed by atoms with Crippen molar-refractivity contribution >= 4 is 11.6 Å². The van der Waals surface area contributed by atoms with E-state index in [0.29, 0.717) is 12.2 Å². The van der Waals surface area contributed by atoms with Gasteiger partial charge in [-0.3, -0.25) is 4.79 Å². The molecule has 0 spiro atoms. The average molecular weight is 326 g/mol. The molecule has 0 heterocycles. The molecule has 24 heavy (non-hydrogen) atoms. The molecule has 2 aromatic carbocycles. The molecule has 0 saturated carbocycles. The average Bonchev–Trinajstić information content (AvgIpc) is 2.57. The lowest BCUT2D eigenvalue weighted by molar-refractivity contribution is -0.114. The lowest BCUT2D eigenvalue weighted by Gasteiger charge is -2.13. The summed E-state index contributed by atoms with van der Waals surface area (Å²) in [7, 11) is 2.97. The molecule has 2 aromatic rings. The maximum Gasteiger partial charge on any atom is 0.273 e. The minimum absolute atomic E-state index is 0.222. The predicted octanol–water partition coefficient (Wildman–Crippen LogP) is 2.98. The van der Waals surface area contributed by atoms with Gasteiger partial charge in [0.15, 0.2) is 5.71 Å². The van der Waals surface area contributed by atoms with Crippen molar-refractivity contribution in [2.45, 2.75) is 20.5 Å². The zero-order valence-corrected chi connectivity index (χ0v) is 14.4. The van der Waals surface area contributed by atoms with Crippen LogP contribution in [0.4, 0.5) is 0 Å². The lowest BCUT2D eigenvalue weighted by Crippen LogP contribution is -2.29. The third-order valence-corrected chi connectivity index (χ3v) is 3.49. The molecule has 0 fully saturated rings. The Morgan fingerprint density at radius 3 is 2.42 bits per heavy atom. The fraction of sp³-hybridized carbons (Fsp3) is 0.263. The van der Waals surface area contributed by atoms with Crippen molar-refractivity contribution in [1.29, 1.82) is 0 Å². The van der Waals surface area contributed by atoms with E-state index in [1.54, 1.807) is 7.05 Å². The molecule has 0 radical (unpaired) electrons. The molecule has 5 nitrogen and oxygen atoms in total. The van der Waals surface area contributed by atoms with Gasteiger partial charge < -0.3 is 14.9 Å². The summed E-state index contributed by atoms with van der Waals surface area (Å²) < 4.78 is 5.91. The van der Waals surface area contributed by atoms with Crippen LogP contribution in [0.2, 0.25) is 0 Å². The van der Waals surface area contributed by atoms with Gasteiger partial charge in [0.2, 0.25) is 0 Å². The summed E-state index contributed by atoms with van der Waals surface area (Å²) in [5.74, 6) is 0.489. The number of hydrogen-bond donors (Lipinski definition) is 1. The van der Waals surface area contributed by atoms with Gasteiger partial charge in [0.25, 0.3) is 5.91 Å². The zero-order chi connectivity index (χ0) is 17.5. The molecule has 1 amide bonds. The topological polar surface area (TPSA) is 59.9 Å². The number of hydrogen-bond acceptors (Lipinski definition) is 4. The Hall–Kier alpha value is -2.82. The van der Waals surface area contributed by atoms with E-state index in [9.17, 15) is 4.79 Å². The van der Waals surface area contributed by atoms with Gasteiger partial charge in [-0.1, -0.05) is 35.5 Å². The molecule has 126 valence electrons. The Morgan fingerprint density at radius 2 is 1.79 bits per heavy atom. The van der Waals surface area contributed by atoms with E-state index in [1.807, 2.05) is 50.2 Å². The van der Waals surface area contributed by atoms with Gasteiger partial charge in [0.05, 0.1) is 0 Å². The Bertz CT molecular complexity index is 734. The van der Waals surface area contributed by atoms with Crippen molar-refractivity contribution in [3.05, 3.63) is 64.7 Å². The molecule has 0 atom stereocenters. The van der Waals surface area contributed by atoms with Gasteiger partial charge in [-0.15, -0.1) is 0 Å². The number of benzene rings is 2. The van der Waals surface area contributed by atoms with E-state index in [0.717, 1.165) is 22.4 Å². The number of rotatable bonds is 6. The zero-order valence-electron chi connectivity index (χ0n) is 14.4. The maximum atomic E-state index is 12.1. The minimum atomic E-state index is -0.310. The van der Waals surface area contributed by atoms with Crippen molar-refractivity contribution in [1.82, 2.24) is 5.32 Å². The summed E-state index contributed by atoms with van der Waals surface area (Å²) >= 11 is 0. The number of carbonyl (C=O) groups excluding carboxylic acids is 1. The van der Waals surface area contributed by atoms with Crippen LogP contribution in [0.5, 0.6) is 5.75 Å². The fourth-order valence-corrected chi connectivity index (χ4v) is 2.48. The molecule has 2 rings (SSSR count). The second-order valence-corrected chi connectivity index (χ2v) is 5.47. The van der Waals surface area contributed by atoms with Crippen LogP contribution in [0.25, 0.3) is 0 Å². The van der Waals surface area contributed by atoms with Crippen molar-refractivity contribution < 1.29 is 14.4 Å². The number of nitrogens with zero attached hydrogens (tertiary/aromatic N) is 1. The Labute approximate surface area is 142 Å². The van der Waals surface area contributed by atoms with Crippen LogP contribution in [0, 0.1) is 13.8 Å². The summed E-state index contributed by atoms with van der Waals surface area (Å²) in [6.45, 7) is 4.39. The predicted molar refractivity (Wildman–Crippen MR) is 94.3 cm³/mol. The molecule has 0 aliphatic rings. The van der Waals surface area contributed by atoms with Gasteiger partial charge in [0.1, 0.15) is 19.5 Å². The molecular weight excluding hydrogens is 304 g/mol. The summed E-state index contributed by atoms with van der Waals surface area (Å²) in [6.07, 6.45) is 0. The van der Waals surface area contributed by atoms with Crippen molar-refractivity contribution in [2.24, 2.45) is 5.16 Å². The van der Waals surface area contributed by atoms with Crippen LogP contribution in [-0.4, -0.2) is 25.8 Å². The molecule has 0 saturated heterocycles. The number of nitrogens with one attached hydrogen (secondary N) is 1. The summed E-state index contributed by atoms with van der Waals surface area (Å²) in [5.41, 5.74) is 4.05. The number of amides is 1. The highest BCUT2D eigenvalue weighted by Crippen LogP contribution is 2.19. The third-order valence-electron chi connectivity index (χ3n) is 3.49. The third kappa shape index (κ3) is 4.35. The largest absolute Gasteiger partial charge is 0.489 e. The van der Waals surface area contributed by atoms with Gasteiger partial charge >= 0.3 is 0 Å². The molecule has 0 aromatic heterocycles. The fourth-order valence-electron chi connectivity index (χ4n) is 2.48. The number of aryl methyl sites for hydroxylation is 2. The first-order chi connectivity index (χ1) is 11.5. The smallest absolute Gasteiger partial charge is 0.273 e. The van der Waals surface area contributed by atoms with Crippen LogP contribution >= 0.6 is 0 Å². The van der Waals surface area contributed by atoms with Crippen molar-refractivity contribution in [3.63, 3.8) is 0 Å². The summed E-state index contributed by atoms with van der Waals surface area (Å²) in [6, 6.07) is 13.5. The number of ether oxygens (including phenoxy) is 1. The monoisotopic (exact) mass is 326 g/mol. The van der Waals surface area contributed by atoms with E-state index >= 15 is 0 Å². The van der Waals surface area contributed by atoms with Crippen LogP contribution in [0.3, 0.4) is 0 Å². The number of oxime groups is 1. The van der Waals surface area contributed by atoms with E-state index in [-0.39, 0.29) is 11.6 Å².